The number of carbonyl (C=O) groups is 1. The van der Waals surface area contributed by atoms with Crippen LogP contribution in [0.15, 0.2) is 12.8 Å². The molecule has 0 fully saturated rings. The molecule has 0 saturated carbocycles. The molecule has 0 saturated heterocycles. The molecule has 0 unspecified atom stereocenters. The summed E-state index contributed by atoms with van der Waals surface area (Å²) in [6.45, 7) is 3.05. The summed E-state index contributed by atoms with van der Waals surface area (Å²) in [6, 6.07) is 0. The summed E-state index contributed by atoms with van der Waals surface area (Å²) >= 11 is 0. The highest BCUT2D eigenvalue weighted by Gasteiger charge is 2.30. The molecule has 0 aliphatic carbocycles. The molecule has 110 valence electrons. The first-order chi connectivity index (χ1) is 9.41. The van der Waals surface area contributed by atoms with Gasteiger partial charge in [-0.3, -0.25) is 0 Å². The van der Waals surface area contributed by atoms with Crippen molar-refractivity contribution in [2.24, 2.45) is 0 Å². The van der Waals surface area contributed by atoms with E-state index >= 15 is 0 Å². The van der Waals surface area contributed by atoms with Crippen LogP contribution in [-0.4, -0.2) is 19.2 Å². The van der Waals surface area contributed by atoms with Crippen LogP contribution in [0, 0.1) is 29.1 Å². The van der Waals surface area contributed by atoms with Gasteiger partial charge in [0.15, 0.2) is 23.3 Å². The molecule has 20 heavy (non-hydrogen) atoms. The van der Waals surface area contributed by atoms with Crippen LogP contribution in [-0.2, 0) is 9.47 Å². The summed E-state index contributed by atoms with van der Waals surface area (Å²) in [5, 5.41) is 0. The maximum absolute atomic E-state index is 13.2. The molecule has 1 rings (SSSR count). The van der Waals surface area contributed by atoms with Gasteiger partial charge in [0.2, 0.25) is 5.82 Å². The van der Waals surface area contributed by atoms with E-state index in [0.717, 1.165) is 6.26 Å². The number of benzene rings is 1. The number of hydrogen-bond acceptors (Lipinski definition) is 3. The zero-order chi connectivity index (χ0) is 15.3. The largest absolute Gasteiger partial charge is 0.502 e. The Morgan fingerprint density at radius 3 is 1.95 bits per heavy atom. The third kappa shape index (κ3) is 3.25. The number of hydrogen-bond donors (Lipinski definition) is 0. The third-order valence-electron chi connectivity index (χ3n) is 2.17. The quantitative estimate of drug-likeness (QED) is 0.202. The second-order valence-electron chi connectivity index (χ2n) is 3.47. The third-order valence-corrected chi connectivity index (χ3v) is 2.17. The smallest absolute Gasteiger partial charge is 0.344 e. The van der Waals surface area contributed by atoms with Crippen molar-refractivity contribution >= 4 is 5.97 Å². The van der Waals surface area contributed by atoms with Crippen molar-refractivity contribution < 1.29 is 36.2 Å². The van der Waals surface area contributed by atoms with Gasteiger partial charge in [-0.1, -0.05) is 6.58 Å². The average molecular weight is 296 g/mol. The predicted molar refractivity (Wildman–Crippen MR) is 57.3 cm³/mol. The standard InChI is InChI=1S/C12H9F5O3/c1-2-19-4-3-5-20-12(18)6-7(13)9(15)11(17)10(16)8(6)14/h2H,1,3-5H2. The van der Waals surface area contributed by atoms with Gasteiger partial charge in [0, 0.05) is 6.42 Å². The average Bonchev–Trinajstić information content (AvgIpc) is 2.43. The van der Waals surface area contributed by atoms with Crippen LogP contribution in [0.1, 0.15) is 16.8 Å². The molecule has 0 aromatic heterocycles. The molecule has 3 nitrogen and oxygen atoms in total. The van der Waals surface area contributed by atoms with Crippen molar-refractivity contribution in [3.8, 4) is 0 Å². The highest BCUT2D eigenvalue weighted by atomic mass is 19.2. The van der Waals surface area contributed by atoms with Crippen LogP contribution >= 0.6 is 0 Å². The van der Waals surface area contributed by atoms with Gasteiger partial charge >= 0.3 is 5.97 Å². The molecule has 1 aromatic carbocycles. The Bertz CT molecular complexity index is 501. The number of halogens is 5. The van der Waals surface area contributed by atoms with Gasteiger partial charge in [-0.2, -0.15) is 0 Å². The molecule has 0 amide bonds. The van der Waals surface area contributed by atoms with Crippen LogP contribution < -0.4 is 0 Å². The monoisotopic (exact) mass is 296 g/mol. The topological polar surface area (TPSA) is 35.5 Å². The van der Waals surface area contributed by atoms with Gasteiger partial charge in [-0.15, -0.1) is 0 Å². The Labute approximate surface area is 110 Å². The van der Waals surface area contributed by atoms with Gasteiger partial charge in [-0.05, 0) is 0 Å². The highest BCUT2D eigenvalue weighted by Crippen LogP contribution is 2.23. The van der Waals surface area contributed by atoms with Crippen LogP contribution in [0.3, 0.4) is 0 Å². The molecule has 0 radical (unpaired) electrons. The summed E-state index contributed by atoms with van der Waals surface area (Å²) in [5.74, 6) is -12.8. The fraction of sp³-hybridized carbons (Fsp3) is 0.250. The predicted octanol–water partition coefficient (Wildman–Crippen LogP) is 3.09. The zero-order valence-corrected chi connectivity index (χ0v) is 10.0. The lowest BCUT2D eigenvalue weighted by molar-refractivity contribution is 0.0463. The molecular formula is C12H9F5O3. The Balaban J connectivity index is 2.86. The van der Waals surface area contributed by atoms with Crippen LogP contribution in [0.25, 0.3) is 0 Å². The molecule has 8 heteroatoms. The lowest BCUT2D eigenvalue weighted by Crippen LogP contribution is -2.16. The molecule has 0 bridgehead atoms. The Kier molecular flexibility index (Phi) is 5.48. The van der Waals surface area contributed by atoms with Crippen LogP contribution in [0.4, 0.5) is 22.0 Å². The second-order valence-corrected chi connectivity index (χ2v) is 3.47. The molecular weight excluding hydrogens is 287 g/mol. The first-order valence-electron chi connectivity index (χ1n) is 5.32. The van der Waals surface area contributed by atoms with Gasteiger partial charge in [0.05, 0.1) is 19.5 Å². The van der Waals surface area contributed by atoms with E-state index in [1.165, 1.54) is 0 Å². The number of carbonyl (C=O) groups excluding carboxylic acids is 1. The van der Waals surface area contributed by atoms with Crippen molar-refractivity contribution in [2.45, 2.75) is 6.42 Å². The van der Waals surface area contributed by atoms with Gasteiger partial charge < -0.3 is 9.47 Å². The Morgan fingerprint density at radius 1 is 0.950 bits per heavy atom. The summed E-state index contributed by atoms with van der Waals surface area (Å²) in [4.78, 5) is 11.3. The lowest BCUT2D eigenvalue weighted by atomic mass is 10.1. The van der Waals surface area contributed by atoms with Gasteiger partial charge in [0.25, 0.3) is 0 Å². The summed E-state index contributed by atoms with van der Waals surface area (Å²) in [6.07, 6.45) is 1.29. The van der Waals surface area contributed by atoms with E-state index in [-0.39, 0.29) is 19.6 Å². The molecule has 1 aromatic rings. The van der Waals surface area contributed by atoms with E-state index in [9.17, 15) is 26.7 Å². The van der Waals surface area contributed by atoms with E-state index in [1.807, 2.05) is 0 Å². The van der Waals surface area contributed by atoms with E-state index in [1.54, 1.807) is 0 Å². The minimum atomic E-state index is -2.34. The van der Waals surface area contributed by atoms with E-state index in [2.05, 4.69) is 16.1 Å². The molecule has 0 heterocycles. The summed E-state index contributed by atoms with van der Waals surface area (Å²) < 4.78 is 74.0. The van der Waals surface area contributed by atoms with Crippen molar-refractivity contribution in [3.05, 3.63) is 47.5 Å². The van der Waals surface area contributed by atoms with E-state index in [0.29, 0.717) is 0 Å². The van der Waals surface area contributed by atoms with Crippen molar-refractivity contribution in [3.63, 3.8) is 0 Å². The second kappa shape index (κ2) is 6.88. The van der Waals surface area contributed by atoms with Gasteiger partial charge in [-0.25, -0.2) is 26.7 Å². The first kappa shape index (κ1) is 15.9. The maximum Gasteiger partial charge on any atom is 0.344 e. The Hall–Kier alpha value is -2.12. The van der Waals surface area contributed by atoms with Crippen LogP contribution in [0.2, 0.25) is 0 Å². The SMILES string of the molecule is C=COCCCOC(=O)c1c(F)c(F)c(F)c(F)c1F. The molecule has 0 spiro atoms. The van der Waals surface area contributed by atoms with Crippen LogP contribution in [0.5, 0.6) is 0 Å². The zero-order valence-electron chi connectivity index (χ0n) is 10.0. The number of rotatable bonds is 6. The fourth-order valence-corrected chi connectivity index (χ4v) is 1.25. The van der Waals surface area contributed by atoms with E-state index < -0.39 is 40.6 Å². The number of esters is 1. The molecule has 0 N–H and O–H groups in total. The summed E-state index contributed by atoms with van der Waals surface area (Å²) in [5.41, 5.74) is -1.62. The van der Waals surface area contributed by atoms with Crippen molar-refractivity contribution in [1.29, 1.82) is 0 Å². The van der Waals surface area contributed by atoms with Crippen molar-refractivity contribution in [2.75, 3.05) is 13.2 Å². The Morgan fingerprint density at radius 2 is 1.45 bits per heavy atom. The maximum atomic E-state index is 13.2. The number of ether oxygens (including phenoxy) is 2. The molecule has 0 aliphatic heterocycles. The normalized spacial score (nSPS) is 10.2. The van der Waals surface area contributed by atoms with E-state index in [4.69, 9.17) is 0 Å². The summed E-state index contributed by atoms with van der Waals surface area (Å²) in [7, 11) is 0. The van der Waals surface area contributed by atoms with Gasteiger partial charge in [0.1, 0.15) is 5.56 Å². The fourth-order valence-electron chi connectivity index (χ4n) is 1.25. The minimum Gasteiger partial charge on any atom is -0.502 e. The first-order valence-corrected chi connectivity index (χ1v) is 5.32. The molecule has 0 aliphatic rings. The molecule has 0 atom stereocenters. The minimum absolute atomic E-state index is 0.119. The van der Waals surface area contributed by atoms with Crippen molar-refractivity contribution in [1.82, 2.24) is 0 Å². The highest BCUT2D eigenvalue weighted by molar-refractivity contribution is 5.90. The lowest BCUT2D eigenvalue weighted by Gasteiger charge is -2.08.